The highest BCUT2D eigenvalue weighted by atomic mass is 31.2. The second-order valence-corrected chi connectivity index (χ2v) is 14.9. The first-order chi connectivity index (χ1) is 22.8. The fourth-order valence-corrected chi connectivity index (χ4v) is 8.21. The highest BCUT2D eigenvalue weighted by Crippen LogP contribution is 2.44. The summed E-state index contributed by atoms with van der Waals surface area (Å²) in [4.78, 5) is 38.5. The number of hydrogen-bond donors (Lipinski definition) is 5. The molecule has 6 unspecified atom stereocenters. The topological polar surface area (TPSA) is 231 Å². The third kappa shape index (κ3) is 8.26. The molecule has 2 aromatic heterocycles. The molecular formula is C30H48N7O10P. The number of carbonyl (C=O) groups excluding carboxylic acids is 2. The number of rotatable bonds is 13. The van der Waals surface area contributed by atoms with Crippen molar-refractivity contribution >= 4 is 36.7 Å². The third-order valence-electron chi connectivity index (χ3n) is 9.13. The molecule has 6 atom stereocenters. The maximum Gasteiger partial charge on any atom is 0.342 e. The number of esters is 2. The van der Waals surface area contributed by atoms with Crippen LogP contribution in [0.15, 0.2) is 6.33 Å². The lowest BCUT2D eigenvalue weighted by Crippen LogP contribution is -2.46. The fourth-order valence-electron chi connectivity index (χ4n) is 6.40. The number of methoxy groups -OCH3 is 1. The first-order valence-electron chi connectivity index (χ1n) is 16.6. The highest BCUT2D eigenvalue weighted by Gasteiger charge is 2.54. The lowest BCUT2D eigenvalue weighted by atomic mass is 9.96. The molecule has 1 aliphatic heterocycles. The predicted molar refractivity (Wildman–Crippen MR) is 172 cm³/mol. The Hall–Kier alpha value is -2.92. The van der Waals surface area contributed by atoms with Crippen LogP contribution in [0.4, 0.5) is 5.95 Å². The molecule has 2 saturated carbocycles. The van der Waals surface area contributed by atoms with Gasteiger partial charge in [0.15, 0.2) is 17.4 Å². The van der Waals surface area contributed by atoms with Crippen LogP contribution in [0.1, 0.15) is 91.2 Å². The largest absolute Gasteiger partial charge is 0.479 e. The van der Waals surface area contributed by atoms with Crippen LogP contribution >= 0.6 is 7.67 Å². The Morgan fingerprint density at radius 1 is 1.04 bits per heavy atom. The van der Waals surface area contributed by atoms with Crippen molar-refractivity contribution in [2.24, 2.45) is 0 Å². The van der Waals surface area contributed by atoms with E-state index in [0.29, 0.717) is 0 Å². The van der Waals surface area contributed by atoms with Gasteiger partial charge in [-0.25, -0.2) is 15.2 Å². The van der Waals surface area contributed by atoms with Crippen molar-refractivity contribution in [2.75, 3.05) is 19.5 Å². The summed E-state index contributed by atoms with van der Waals surface area (Å²) in [6.07, 6.45) is 5.89. The summed E-state index contributed by atoms with van der Waals surface area (Å²) in [6.45, 7) is 3.81. The summed E-state index contributed by atoms with van der Waals surface area (Å²) in [5.74, 6) is -1.23. The Morgan fingerprint density at radius 2 is 1.58 bits per heavy atom. The molecule has 48 heavy (non-hydrogen) atoms. The number of nitrogens with one attached hydrogen (secondary N) is 2. The number of carbonyl (C=O) groups is 2. The normalized spacial score (nSPS) is 28.1. The van der Waals surface area contributed by atoms with Gasteiger partial charge < -0.3 is 39.4 Å². The number of anilines is 1. The molecule has 0 radical (unpaired) electrons. The quantitative estimate of drug-likeness (QED) is 0.149. The van der Waals surface area contributed by atoms with E-state index in [9.17, 15) is 24.4 Å². The number of nitrogens with two attached hydrogens (primary N) is 1. The summed E-state index contributed by atoms with van der Waals surface area (Å²) in [5.41, 5.74) is 4.37. The molecular weight excluding hydrogens is 649 g/mol. The van der Waals surface area contributed by atoms with Crippen molar-refractivity contribution in [1.82, 2.24) is 29.7 Å². The van der Waals surface area contributed by atoms with Crippen molar-refractivity contribution in [3.05, 3.63) is 6.33 Å². The number of nitrogens with zero attached hydrogens (tertiary/aromatic N) is 4. The van der Waals surface area contributed by atoms with Gasteiger partial charge in [0.2, 0.25) is 11.8 Å². The zero-order valence-electron chi connectivity index (χ0n) is 27.9. The lowest BCUT2D eigenvalue weighted by Gasteiger charge is -2.29. The van der Waals surface area contributed by atoms with Gasteiger partial charge in [0.1, 0.15) is 42.1 Å². The van der Waals surface area contributed by atoms with Crippen molar-refractivity contribution in [1.29, 1.82) is 0 Å². The van der Waals surface area contributed by atoms with Crippen LogP contribution in [0.3, 0.4) is 0 Å². The van der Waals surface area contributed by atoms with Crippen LogP contribution < -0.4 is 20.6 Å². The van der Waals surface area contributed by atoms with E-state index in [-0.39, 0.29) is 35.2 Å². The molecule has 0 amide bonds. The molecule has 6 N–H and O–H groups in total. The van der Waals surface area contributed by atoms with Gasteiger partial charge in [-0.05, 0) is 72.1 Å². The number of hydrogen-bond acceptors (Lipinski definition) is 14. The van der Waals surface area contributed by atoms with Gasteiger partial charge in [-0.15, -0.1) is 0 Å². The van der Waals surface area contributed by atoms with Gasteiger partial charge in [-0.2, -0.15) is 9.97 Å². The lowest BCUT2D eigenvalue weighted by molar-refractivity contribution is -0.152. The molecule has 0 bridgehead atoms. The highest BCUT2D eigenvalue weighted by molar-refractivity contribution is 7.54. The molecule has 2 aromatic rings. The number of aliphatic hydroxyl groups excluding tert-OH is 1. The van der Waals surface area contributed by atoms with Gasteiger partial charge >= 0.3 is 19.6 Å². The average Bonchev–Trinajstić information content (AvgIpc) is 3.57. The van der Waals surface area contributed by atoms with Crippen molar-refractivity contribution < 1.29 is 47.8 Å². The van der Waals surface area contributed by atoms with Crippen LogP contribution in [0.5, 0.6) is 5.88 Å². The Bertz CT molecular complexity index is 1440. The maximum atomic E-state index is 14.3. The minimum Gasteiger partial charge on any atom is -0.479 e. The summed E-state index contributed by atoms with van der Waals surface area (Å²) in [5, 5.41) is 27.9. The number of imidazole rings is 1. The van der Waals surface area contributed by atoms with E-state index in [1.807, 2.05) is 0 Å². The molecule has 3 aliphatic rings. The second-order valence-electron chi connectivity index (χ2n) is 13.1. The SMILES string of the molecule is COc1nc(N)nc2c1ncn2C1OC(COP(=O)(NC(C)C(=O)OC2CCCCC2)NC(C)C(=O)OC2CCCCC2)C(O)C1(C)O. The van der Waals surface area contributed by atoms with Crippen molar-refractivity contribution in [2.45, 2.75) is 133 Å². The van der Waals surface area contributed by atoms with E-state index in [1.165, 1.54) is 38.8 Å². The number of aromatic nitrogens is 4. The molecule has 268 valence electrons. The predicted octanol–water partition coefficient (Wildman–Crippen LogP) is 2.26. The van der Waals surface area contributed by atoms with E-state index in [2.05, 4.69) is 25.1 Å². The van der Waals surface area contributed by atoms with Crippen LogP contribution in [0.2, 0.25) is 0 Å². The molecule has 2 aliphatic carbocycles. The molecule has 17 nitrogen and oxygen atoms in total. The number of ether oxygens (including phenoxy) is 4. The van der Waals surface area contributed by atoms with E-state index >= 15 is 0 Å². The monoisotopic (exact) mass is 697 g/mol. The Kier molecular flexibility index (Phi) is 11.6. The molecule has 3 fully saturated rings. The van der Waals surface area contributed by atoms with Crippen LogP contribution in [-0.4, -0.2) is 97.5 Å². The van der Waals surface area contributed by atoms with Gasteiger partial charge in [0.25, 0.3) is 0 Å². The average molecular weight is 698 g/mol. The summed E-state index contributed by atoms with van der Waals surface area (Å²) in [6, 6.07) is -2.18. The van der Waals surface area contributed by atoms with Gasteiger partial charge in [0.05, 0.1) is 20.0 Å². The Balaban J connectivity index is 1.31. The molecule has 5 rings (SSSR count). The first kappa shape index (κ1) is 36.4. The number of nitrogen functional groups attached to an aromatic ring is 1. The standard InChI is InChI=1S/C30H48N7O10P/c1-17(26(39)45-19-11-7-5-8-12-19)35-48(42,36-18(2)27(40)46-20-13-9-6-10-14-20)44-15-21-23(38)30(3,41)28(47-21)37-16-32-22-24(37)33-29(31)34-25(22)43-4/h16-21,23,28,38,41H,5-15H2,1-4H3,(H2,31,33,34)(H2,35,36,42). The smallest absolute Gasteiger partial charge is 0.342 e. The van der Waals surface area contributed by atoms with Crippen LogP contribution in [0.25, 0.3) is 11.2 Å². The Morgan fingerprint density at radius 3 is 2.10 bits per heavy atom. The molecule has 0 spiro atoms. The summed E-state index contributed by atoms with van der Waals surface area (Å²) < 4.78 is 44.2. The fraction of sp³-hybridized carbons (Fsp3) is 0.767. The molecule has 3 heterocycles. The van der Waals surface area contributed by atoms with Crippen LogP contribution in [-0.2, 0) is 32.9 Å². The minimum atomic E-state index is -4.25. The van der Waals surface area contributed by atoms with E-state index in [1.54, 1.807) is 0 Å². The minimum absolute atomic E-state index is 0.107. The zero-order chi connectivity index (χ0) is 34.6. The maximum absolute atomic E-state index is 14.3. The first-order valence-corrected chi connectivity index (χ1v) is 18.2. The Labute approximate surface area is 279 Å². The van der Waals surface area contributed by atoms with Gasteiger partial charge in [0, 0.05) is 0 Å². The summed E-state index contributed by atoms with van der Waals surface area (Å²) >= 11 is 0. The zero-order valence-corrected chi connectivity index (χ0v) is 28.8. The molecule has 18 heteroatoms. The second kappa shape index (κ2) is 15.3. The number of aliphatic hydroxyl groups is 2. The van der Waals surface area contributed by atoms with E-state index in [4.69, 9.17) is 29.2 Å². The molecule has 1 saturated heterocycles. The van der Waals surface area contributed by atoms with Gasteiger partial charge in [-0.3, -0.25) is 18.7 Å². The van der Waals surface area contributed by atoms with Gasteiger partial charge in [-0.1, -0.05) is 12.8 Å². The third-order valence-corrected chi connectivity index (χ3v) is 11.1. The summed E-state index contributed by atoms with van der Waals surface area (Å²) in [7, 11) is -2.85. The van der Waals surface area contributed by atoms with Crippen LogP contribution in [0, 0.1) is 0 Å². The van der Waals surface area contributed by atoms with Crippen molar-refractivity contribution in [3.8, 4) is 5.88 Å². The van der Waals surface area contributed by atoms with E-state index in [0.717, 1.165) is 64.2 Å². The molecule has 0 aromatic carbocycles. The van der Waals surface area contributed by atoms with Crippen molar-refractivity contribution in [3.63, 3.8) is 0 Å². The van der Waals surface area contributed by atoms with E-state index < -0.39 is 62.3 Å². The number of fused-ring (bicyclic) bond motifs is 1.